The van der Waals surface area contributed by atoms with E-state index < -0.39 is 36.3 Å². The summed E-state index contributed by atoms with van der Waals surface area (Å²) in [6.07, 6.45) is 1.64. The van der Waals surface area contributed by atoms with Crippen molar-refractivity contribution < 1.29 is 24.2 Å². The molecule has 0 fully saturated rings. The number of ether oxygens (including phenoxy) is 1. The van der Waals surface area contributed by atoms with E-state index in [-0.39, 0.29) is 12.5 Å². The number of aryl methyl sites for hydroxylation is 2. The lowest BCUT2D eigenvalue weighted by atomic mass is 9.93. The summed E-state index contributed by atoms with van der Waals surface area (Å²) >= 11 is 0. The molecule has 0 saturated carbocycles. The minimum Gasteiger partial charge on any atom is -0.444 e. The van der Waals surface area contributed by atoms with Crippen molar-refractivity contribution >= 4 is 17.9 Å². The van der Waals surface area contributed by atoms with Crippen molar-refractivity contribution in [2.75, 3.05) is 13.2 Å². The number of nitrogens with zero attached hydrogens (tertiary/aromatic N) is 1. The Morgan fingerprint density at radius 2 is 1.61 bits per heavy atom. The van der Waals surface area contributed by atoms with Gasteiger partial charge in [0.25, 0.3) is 0 Å². The first-order chi connectivity index (χ1) is 18.0. The molecule has 0 radical (unpaired) electrons. The van der Waals surface area contributed by atoms with Gasteiger partial charge in [0.05, 0.1) is 6.61 Å². The quantitative estimate of drug-likeness (QED) is 0.352. The Labute approximate surface area is 226 Å². The summed E-state index contributed by atoms with van der Waals surface area (Å²) < 4.78 is 5.31. The van der Waals surface area contributed by atoms with E-state index in [0.29, 0.717) is 13.0 Å². The van der Waals surface area contributed by atoms with Gasteiger partial charge in [-0.05, 0) is 63.3 Å². The van der Waals surface area contributed by atoms with E-state index in [9.17, 15) is 19.5 Å². The number of carbonyl (C=O) groups is 3. The number of unbranched alkanes of at least 4 members (excludes halogenated alkanes) is 2. The van der Waals surface area contributed by atoms with Crippen LogP contribution >= 0.6 is 0 Å². The Balaban J connectivity index is 2.47. The van der Waals surface area contributed by atoms with Crippen molar-refractivity contribution in [3.8, 4) is 0 Å². The first kappa shape index (κ1) is 30.8. The Kier molecular flexibility index (Phi) is 11.8. The van der Waals surface area contributed by atoms with Gasteiger partial charge in [0.2, 0.25) is 11.8 Å². The Bertz CT molecular complexity index is 1050. The van der Waals surface area contributed by atoms with Gasteiger partial charge in [-0.25, -0.2) is 4.79 Å². The van der Waals surface area contributed by atoms with E-state index in [1.54, 1.807) is 20.8 Å². The molecule has 2 unspecified atom stereocenters. The number of hydrogen-bond donors (Lipinski definition) is 3. The van der Waals surface area contributed by atoms with Crippen LogP contribution < -0.4 is 10.6 Å². The molecule has 2 atom stereocenters. The van der Waals surface area contributed by atoms with Crippen molar-refractivity contribution in [2.24, 2.45) is 0 Å². The molecule has 208 valence electrons. The normalized spacial score (nSPS) is 12.8. The van der Waals surface area contributed by atoms with Crippen molar-refractivity contribution in [1.29, 1.82) is 0 Å². The van der Waals surface area contributed by atoms with Gasteiger partial charge in [0, 0.05) is 13.1 Å². The predicted molar refractivity (Wildman–Crippen MR) is 148 cm³/mol. The zero-order valence-corrected chi connectivity index (χ0v) is 23.5. The van der Waals surface area contributed by atoms with Gasteiger partial charge in [0.15, 0.2) is 0 Å². The fraction of sp³-hybridized carbons (Fsp3) is 0.500. The SMILES string of the molecule is CCCCCN(C(=O)C(CO)NC(=O)OC(C)(C)C)C(C(=O)NCc1ccccc1)c1c(C)cccc1C. The lowest BCUT2D eigenvalue weighted by molar-refractivity contribution is -0.143. The molecule has 0 aliphatic rings. The molecule has 2 aromatic carbocycles. The lowest BCUT2D eigenvalue weighted by Gasteiger charge is -2.35. The molecule has 0 bridgehead atoms. The molecule has 8 nitrogen and oxygen atoms in total. The van der Waals surface area contributed by atoms with Crippen LogP contribution in [0.5, 0.6) is 0 Å². The van der Waals surface area contributed by atoms with Gasteiger partial charge < -0.3 is 25.4 Å². The van der Waals surface area contributed by atoms with E-state index in [1.807, 2.05) is 62.4 Å². The van der Waals surface area contributed by atoms with Crippen LogP contribution in [-0.2, 0) is 20.9 Å². The highest BCUT2D eigenvalue weighted by Gasteiger charge is 2.37. The molecule has 0 saturated heterocycles. The third kappa shape index (κ3) is 9.17. The van der Waals surface area contributed by atoms with Gasteiger partial charge in [0.1, 0.15) is 17.7 Å². The fourth-order valence-electron chi connectivity index (χ4n) is 4.30. The molecule has 38 heavy (non-hydrogen) atoms. The van der Waals surface area contributed by atoms with Crippen LogP contribution in [0.4, 0.5) is 4.79 Å². The second-order valence-electron chi connectivity index (χ2n) is 10.5. The largest absolute Gasteiger partial charge is 0.444 e. The number of aliphatic hydroxyl groups is 1. The van der Waals surface area contributed by atoms with Crippen LogP contribution in [0.15, 0.2) is 48.5 Å². The van der Waals surface area contributed by atoms with E-state index >= 15 is 0 Å². The maximum Gasteiger partial charge on any atom is 0.408 e. The van der Waals surface area contributed by atoms with Gasteiger partial charge in [-0.3, -0.25) is 9.59 Å². The topological polar surface area (TPSA) is 108 Å². The number of hydrogen-bond acceptors (Lipinski definition) is 5. The highest BCUT2D eigenvalue weighted by molar-refractivity contribution is 5.92. The average molecular weight is 526 g/mol. The van der Waals surface area contributed by atoms with Crippen molar-refractivity contribution in [1.82, 2.24) is 15.5 Å². The monoisotopic (exact) mass is 525 g/mol. The number of amides is 3. The maximum absolute atomic E-state index is 13.9. The molecule has 0 aromatic heterocycles. The molecule has 3 amide bonds. The van der Waals surface area contributed by atoms with E-state index in [1.165, 1.54) is 4.90 Å². The van der Waals surface area contributed by atoms with Gasteiger partial charge in [-0.15, -0.1) is 0 Å². The van der Waals surface area contributed by atoms with Crippen molar-refractivity contribution in [2.45, 2.75) is 85.0 Å². The van der Waals surface area contributed by atoms with Crippen molar-refractivity contribution in [3.05, 3.63) is 70.8 Å². The highest BCUT2D eigenvalue weighted by Crippen LogP contribution is 2.29. The van der Waals surface area contributed by atoms with Crippen LogP contribution in [-0.4, -0.2) is 52.7 Å². The highest BCUT2D eigenvalue weighted by atomic mass is 16.6. The molecule has 8 heteroatoms. The molecule has 0 aliphatic heterocycles. The van der Waals surface area contributed by atoms with Crippen LogP contribution in [0, 0.1) is 13.8 Å². The summed E-state index contributed by atoms with van der Waals surface area (Å²) in [4.78, 5) is 41.7. The number of nitrogens with one attached hydrogen (secondary N) is 2. The molecule has 0 aliphatic carbocycles. The summed E-state index contributed by atoms with van der Waals surface area (Å²) in [6.45, 7) is 11.0. The minimum atomic E-state index is -1.26. The summed E-state index contributed by atoms with van der Waals surface area (Å²) in [5.74, 6) is -0.873. The standard InChI is InChI=1S/C30H43N3O5/c1-7-8-12-18-33(28(36)24(20-34)32-29(37)38-30(4,5)6)26(25-21(2)14-13-15-22(25)3)27(35)31-19-23-16-10-9-11-17-23/h9-11,13-17,24,26,34H,7-8,12,18-20H2,1-6H3,(H,31,35)(H,32,37). The van der Waals surface area contributed by atoms with Crippen molar-refractivity contribution in [3.63, 3.8) is 0 Å². The number of carbonyl (C=O) groups excluding carboxylic acids is 3. The number of rotatable bonds is 12. The first-order valence-electron chi connectivity index (χ1n) is 13.3. The second-order valence-corrected chi connectivity index (χ2v) is 10.5. The van der Waals surface area contributed by atoms with Crippen LogP contribution in [0.3, 0.4) is 0 Å². The van der Waals surface area contributed by atoms with Gasteiger partial charge in [-0.2, -0.15) is 0 Å². The zero-order chi connectivity index (χ0) is 28.3. The van der Waals surface area contributed by atoms with Gasteiger partial charge in [-0.1, -0.05) is 68.3 Å². The first-order valence-corrected chi connectivity index (χ1v) is 13.3. The maximum atomic E-state index is 13.9. The molecule has 3 N–H and O–H groups in total. The van der Waals surface area contributed by atoms with E-state index in [2.05, 4.69) is 17.6 Å². The third-order valence-electron chi connectivity index (χ3n) is 6.14. The van der Waals surface area contributed by atoms with Crippen LogP contribution in [0.25, 0.3) is 0 Å². The van der Waals surface area contributed by atoms with E-state index in [4.69, 9.17) is 4.74 Å². The number of aliphatic hydroxyl groups excluding tert-OH is 1. The summed E-state index contributed by atoms with van der Waals surface area (Å²) in [5.41, 5.74) is 2.64. The smallest absolute Gasteiger partial charge is 0.408 e. The van der Waals surface area contributed by atoms with Gasteiger partial charge >= 0.3 is 6.09 Å². The molecular weight excluding hydrogens is 482 g/mol. The lowest BCUT2D eigenvalue weighted by Crippen LogP contribution is -2.54. The Morgan fingerprint density at radius 3 is 2.16 bits per heavy atom. The third-order valence-corrected chi connectivity index (χ3v) is 6.14. The Morgan fingerprint density at radius 1 is 0.974 bits per heavy atom. The Hall–Kier alpha value is -3.39. The summed E-state index contributed by atoms with van der Waals surface area (Å²) in [7, 11) is 0. The fourth-order valence-corrected chi connectivity index (χ4v) is 4.30. The van der Waals surface area contributed by atoms with E-state index in [0.717, 1.165) is 35.1 Å². The minimum absolute atomic E-state index is 0.288. The molecule has 0 spiro atoms. The molecular formula is C30H43N3O5. The number of benzene rings is 2. The second kappa shape index (κ2) is 14.5. The summed E-state index contributed by atoms with van der Waals surface area (Å²) in [5, 5.41) is 15.6. The number of alkyl carbamates (subject to hydrolysis) is 1. The average Bonchev–Trinajstić information content (AvgIpc) is 2.86. The molecule has 2 aromatic rings. The summed E-state index contributed by atoms with van der Waals surface area (Å²) in [6, 6.07) is 13.1. The molecule has 0 heterocycles. The molecule has 2 rings (SSSR count). The predicted octanol–water partition coefficient (Wildman–Crippen LogP) is 4.57. The van der Waals surface area contributed by atoms with Crippen LogP contribution in [0.1, 0.15) is 75.3 Å². The zero-order valence-electron chi connectivity index (χ0n) is 23.5. The van der Waals surface area contributed by atoms with Crippen LogP contribution in [0.2, 0.25) is 0 Å².